The number of benzene rings is 1. The molecule has 134 valence electrons. The summed E-state index contributed by atoms with van der Waals surface area (Å²) >= 11 is 0. The minimum atomic E-state index is -0.159. The Morgan fingerprint density at radius 2 is 1.96 bits per heavy atom. The molecule has 26 heavy (non-hydrogen) atoms. The molecule has 1 fully saturated rings. The van der Waals surface area contributed by atoms with E-state index in [-0.39, 0.29) is 17.5 Å². The summed E-state index contributed by atoms with van der Waals surface area (Å²) in [5, 5.41) is 4.94. The van der Waals surface area contributed by atoms with E-state index in [4.69, 9.17) is 0 Å². The van der Waals surface area contributed by atoms with Crippen molar-refractivity contribution >= 4 is 16.9 Å². The molecular weight excluding hydrogens is 330 g/mol. The van der Waals surface area contributed by atoms with Gasteiger partial charge in [0.1, 0.15) is 11.2 Å². The van der Waals surface area contributed by atoms with Gasteiger partial charge in [-0.1, -0.05) is 30.3 Å². The van der Waals surface area contributed by atoms with Gasteiger partial charge in [0.15, 0.2) is 5.65 Å². The molecule has 3 heterocycles. The molecular formula is C19H21N5O2. The summed E-state index contributed by atoms with van der Waals surface area (Å²) < 4.78 is 1.86. The zero-order valence-corrected chi connectivity index (χ0v) is 14.7. The quantitative estimate of drug-likeness (QED) is 0.781. The van der Waals surface area contributed by atoms with Crippen molar-refractivity contribution in [1.82, 2.24) is 24.6 Å². The van der Waals surface area contributed by atoms with Crippen LogP contribution in [0.1, 0.15) is 37.2 Å². The van der Waals surface area contributed by atoms with Gasteiger partial charge >= 0.3 is 0 Å². The summed E-state index contributed by atoms with van der Waals surface area (Å²) in [5.74, 6) is 0.741. The molecule has 0 atom stereocenters. The van der Waals surface area contributed by atoms with Gasteiger partial charge in [-0.05, 0) is 18.4 Å². The van der Waals surface area contributed by atoms with E-state index in [0.29, 0.717) is 36.4 Å². The molecule has 2 aromatic heterocycles. The van der Waals surface area contributed by atoms with Crippen molar-refractivity contribution in [3.63, 3.8) is 0 Å². The molecule has 1 aliphatic rings. The number of hydrogen-bond donors (Lipinski definition) is 1. The van der Waals surface area contributed by atoms with E-state index in [2.05, 4.69) is 15.1 Å². The molecule has 0 aliphatic carbocycles. The Bertz CT molecular complexity index is 984. The molecule has 1 aromatic carbocycles. The highest BCUT2D eigenvalue weighted by atomic mass is 16.2. The maximum atomic E-state index is 12.4. The summed E-state index contributed by atoms with van der Waals surface area (Å²) in [6.07, 6.45) is 3.79. The van der Waals surface area contributed by atoms with Gasteiger partial charge in [-0.3, -0.25) is 9.59 Å². The molecule has 7 nitrogen and oxygen atoms in total. The van der Waals surface area contributed by atoms with Gasteiger partial charge in [0.2, 0.25) is 5.91 Å². The van der Waals surface area contributed by atoms with Crippen molar-refractivity contribution in [2.45, 2.75) is 32.2 Å². The number of H-pyrrole nitrogens is 1. The van der Waals surface area contributed by atoms with Crippen LogP contribution in [-0.4, -0.2) is 43.6 Å². The minimum Gasteiger partial charge on any atom is -0.343 e. The Kier molecular flexibility index (Phi) is 4.28. The average molecular weight is 351 g/mol. The van der Waals surface area contributed by atoms with Gasteiger partial charge in [0.05, 0.1) is 12.2 Å². The standard InChI is InChI=1S/C19H21N5O2/c1-13(25)23-9-7-15(8-10-23)24-18-16(12-20-24)19(26)22-17(21-18)11-14-5-3-2-4-6-14/h2-6,12,15H,7-11H2,1H3,(H,21,22,26). The first-order valence-corrected chi connectivity index (χ1v) is 8.87. The van der Waals surface area contributed by atoms with Crippen LogP contribution >= 0.6 is 0 Å². The maximum Gasteiger partial charge on any atom is 0.262 e. The van der Waals surface area contributed by atoms with Crippen LogP contribution in [0.3, 0.4) is 0 Å². The Hall–Kier alpha value is -2.96. The number of carbonyl (C=O) groups is 1. The van der Waals surface area contributed by atoms with E-state index in [9.17, 15) is 9.59 Å². The fraction of sp³-hybridized carbons (Fsp3) is 0.368. The van der Waals surface area contributed by atoms with Crippen molar-refractivity contribution in [2.75, 3.05) is 13.1 Å². The molecule has 1 aliphatic heterocycles. The average Bonchev–Trinajstić information content (AvgIpc) is 3.07. The normalized spacial score (nSPS) is 15.5. The fourth-order valence-electron chi connectivity index (χ4n) is 3.55. The van der Waals surface area contributed by atoms with Crippen LogP contribution < -0.4 is 5.56 Å². The summed E-state index contributed by atoms with van der Waals surface area (Å²) in [5.41, 5.74) is 1.56. The van der Waals surface area contributed by atoms with Crippen molar-refractivity contribution < 1.29 is 4.79 Å². The predicted molar refractivity (Wildman–Crippen MR) is 97.9 cm³/mol. The van der Waals surface area contributed by atoms with Crippen LogP contribution in [-0.2, 0) is 11.2 Å². The molecule has 3 aromatic rings. The molecule has 0 bridgehead atoms. The Labute approximate surface area is 150 Å². The van der Waals surface area contributed by atoms with Gasteiger partial charge < -0.3 is 9.88 Å². The lowest BCUT2D eigenvalue weighted by Crippen LogP contribution is -2.37. The number of aromatic amines is 1. The van der Waals surface area contributed by atoms with Crippen LogP contribution in [0.15, 0.2) is 41.3 Å². The van der Waals surface area contributed by atoms with Crippen molar-refractivity contribution in [2.24, 2.45) is 0 Å². The molecule has 0 spiro atoms. The molecule has 0 unspecified atom stereocenters. The number of hydrogen-bond acceptors (Lipinski definition) is 4. The number of nitrogens with one attached hydrogen (secondary N) is 1. The van der Waals surface area contributed by atoms with Crippen LogP contribution in [0.25, 0.3) is 11.0 Å². The predicted octanol–water partition coefficient (Wildman–Crippen LogP) is 1.89. The van der Waals surface area contributed by atoms with E-state index >= 15 is 0 Å². The fourth-order valence-corrected chi connectivity index (χ4v) is 3.55. The van der Waals surface area contributed by atoms with Crippen molar-refractivity contribution in [3.05, 3.63) is 58.3 Å². The third-order valence-corrected chi connectivity index (χ3v) is 4.98. The molecule has 1 amide bonds. The van der Waals surface area contributed by atoms with Gasteiger partial charge in [-0.2, -0.15) is 5.10 Å². The van der Waals surface area contributed by atoms with Gasteiger partial charge in [-0.25, -0.2) is 9.67 Å². The minimum absolute atomic E-state index is 0.105. The third-order valence-electron chi connectivity index (χ3n) is 4.98. The first-order chi connectivity index (χ1) is 12.6. The number of nitrogens with zero attached hydrogens (tertiary/aromatic N) is 4. The van der Waals surface area contributed by atoms with Crippen LogP contribution in [0.2, 0.25) is 0 Å². The van der Waals surface area contributed by atoms with E-state index in [1.165, 1.54) is 0 Å². The maximum absolute atomic E-state index is 12.4. The number of fused-ring (bicyclic) bond motifs is 1. The zero-order chi connectivity index (χ0) is 18.1. The highest BCUT2D eigenvalue weighted by Crippen LogP contribution is 2.24. The largest absolute Gasteiger partial charge is 0.343 e. The second kappa shape index (κ2) is 6.74. The van der Waals surface area contributed by atoms with Crippen molar-refractivity contribution in [1.29, 1.82) is 0 Å². The van der Waals surface area contributed by atoms with E-state index < -0.39 is 0 Å². The summed E-state index contributed by atoms with van der Waals surface area (Å²) in [4.78, 5) is 33.3. The number of likely N-dealkylation sites (tertiary alicyclic amines) is 1. The SMILES string of the molecule is CC(=O)N1CCC(n2ncc3c(=O)[nH]c(Cc4ccccc4)nc32)CC1. The molecule has 1 saturated heterocycles. The molecule has 1 N–H and O–H groups in total. The first-order valence-electron chi connectivity index (χ1n) is 8.87. The highest BCUT2D eigenvalue weighted by molar-refractivity contribution is 5.74. The number of aromatic nitrogens is 4. The second-order valence-electron chi connectivity index (χ2n) is 6.74. The second-order valence-corrected chi connectivity index (χ2v) is 6.74. The number of carbonyl (C=O) groups excluding carboxylic acids is 1. The van der Waals surface area contributed by atoms with E-state index in [1.54, 1.807) is 13.1 Å². The highest BCUT2D eigenvalue weighted by Gasteiger charge is 2.24. The lowest BCUT2D eigenvalue weighted by Gasteiger charge is -2.31. The Morgan fingerprint density at radius 3 is 2.65 bits per heavy atom. The number of rotatable bonds is 3. The smallest absolute Gasteiger partial charge is 0.262 e. The monoisotopic (exact) mass is 351 g/mol. The summed E-state index contributed by atoms with van der Waals surface area (Å²) in [7, 11) is 0. The van der Waals surface area contributed by atoms with Crippen LogP contribution in [0.5, 0.6) is 0 Å². The van der Waals surface area contributed by atoms with Crippen LogP contribution in [0.4, 0.5) is 0 Å². The summed E-state index contributed by atoms with van der Waals surface area (Å²) in [6, 6.07) is 10.1. The van der Waals surface area contributed by atoms with Gasteiger partial charge in [0, 0.05) is 26.4 Å². The first kappa shape index (κ1) is 16.5. The lowest BCUT2D eigenvalue weighted by atomic mass is 10.1. The summed E-state index contributed by atoms with van der Waals surface area (Å²) in [6.45, 7) is 3.02. The van der Waals surface area contributed by atoms with Crippen LogP contribution in [0, 0.1) is 0 Å². The topological polar surface area (TPSA) is 83.9 Å². The lowest BCUT2D eigenvalue weighted by molar-refractivity contribution is -0.130. The Morgan fingerprint density at radius 1 is 1.23 bits per heavy atom. The molecule has 7 heteroatoms. The van der Waals surface area contributed by atoms with Gasteiger partial charge in [-0.15, -0.1) is 0 Å². The number of amides is 1. The molecule has 4 rings (SSSR count). The molecule has 0 radical (unpaired) electrons. The zero-order valence-electron chi connectivity index (χ0n) is 14.7. The third kappa shape index (κ3) is 3.12. The van der Waals surface area contributed by atoms with Gasteiger partial charge in [0.25, 0.3) is 5.56 Å². The Balaban J connectivity index is 1.64. The molecule has 0 saturated carbocycles. The van der Waals surface area contributed by atoms with E-state index in [0.717, 1.165) is 18.4 Å². The van der Waals surface area contributed by atoms with Crippen molar-refractivity contribution in [3.8, 4) is 0 Å². The van der Waals surface area contributed by atoms with E-state index in [1.807, 2.05) is 39.9 Å². The number of piperidine rings is 1.